The number of piperidine rings is 1. The number of nitrogens with one attached hydrogen (secondary N) is 2. The first kappa shape index (κ1) is 17.8. The Morgan fingerprint density at radius 2 is 1.78 bits per heavy atom. The van der Waals surface area contributed by atoms with Gasteiger partial charge in [0.15, 0.2) is 5.96 Å². The molecule has 0 amide bonds. The van der Waals surface area contributed by atoms with E-state index in [0.717, 1.165) is 25.6 Å². The van der Waals surface area contributed by atoms with E-state index in [1.807, 2.05) is 7.05 Å². The fourth-order valence-corrected chi connectivity index (χ4v) is 2.94. The molecule has 2 rings (SSSR count). The maximum atomic E-state index is 4.30. The molecule has 1 saturated heterocycles. The molecule has 1 aromatic carbocycles. The predicted molar refractivity (Wildman–Crippen MR) is 98.6 cm³/mol. The molecule has 4 heteroatoms. The van der Waals surface area contributed by atoms with Crippen LogP contribution in [0.2, 0.25) is 0 Å². The van der Waals surface area contributed by atoms with Crippen LogP contribution in [0.4, 0.5) is 0 Å². The summed E-state index contributed by atoms with van der Waals surface area (Å²) in [6.45, 7) is 9.70. The predicted octanol–water partition coefficient (Wildman–Crippen LogP) is 2.99. The van der Waals surface area contributed by atoms with Gasteiger partial charge in [-0.2, -0.15) is 0 Å². The first-order chi connectivity index (χ1) is 11.2. The molecule has 0 saturated carbocycles. The van der Waals surface area contributed by atoms with E-state index in [0.29, 0.717) is 5.92 Å². The maximum Gasteiger partial charge on any atom is 0.191 e. The summed E-state index contributed by atoms with van der Waals surface area (Å²) in [5.41, 5.74) is 2.80. The summed E-state index contributed by atoms with van der Waals surface area (Å²) < 4.78 is 0. The molecule has 1 fully saturated rings. The number of rotatable bonds is 6. The molecule has 1 aromatic rings. The van der Waals surface area contributed by atoms with Gasteiger partial charge >= 0.3 is 0 Å². The molecule has 0 spiro atoms. The van der Waals surface area contributed by atoms with Crippen LogP contribution in [0.15, 0.2) is 29.3 Å². The Hall–Kier alpha value is -1.55. The minimum atomic E-state index is 0.611. The highest BCUT2D eigenvalue weighted by atomic mass is 15.2. The van der Waals surface area contributed by atoms with Gasteiger partial charge in [-0.3, -0.25) is 9.89 Å². The monoisotopic (exact) mass is 316 g/mol. The van der Waals surface area contributed by atoms with Gasteiger partial charge in [-0.05, 0) is 43.0 Å². The summed E-state index contributed by atoms with van der Waals surface area (Å²) in [7, 11) is 1.83. The Morgan fingerprint density at radius 3 is 2.43 bits per heavy atom. The Kier molecular flexibility index (Phi) is 7.40. The van der Waals surface area contributed by atoms with Gasteiger partial charge in [0.1, 0.15) is 0 Å². The summed E-state index contributed by atoms with van der Waals surface area (Å²) in [4.78, 5) is 6.88. The van der Waals surface area contributed by atoms with E-state index in [4.69, 9.17) is 0 Å². The minimum absolute atomic E-state index is 0.611. The lowest BCUT2D eigenvalue weighted by atomic mass is 10.0. The van der Waals surface area contributed by atoms with E-state index < -0.39 is 0 Å². The quantitative estimate of drug-likeness (QED) is 0.626. The van der Waals surface area contributed by atoms with Gasteiger partial charge in [-0.25, -0.2) is 0 Å². The van der Waals surface area contributed by atoms with Gasteiger partial charge in [0.2, 0.25) is 0 Å². The van der Waals surface area contributed by atoms with Crippen LogP contribution in [-0.4, -0.2) is 37.5 Å². The van der Waals surface area contributed by atoms with Crippen molar-refractivity contribution in [3.63, 3.8) is 0 Å². The van der Waals surface area contributed by atoms with E-state index in [-0.39, 0.29) is 0 Å². The van der Waals surface area contributed by atoms with Crippen molar-refractivity contribution in [1.82, 2.24) is 15.5 Å². The molecule has 0 bridgehead atoms. The van der Waals surface area contributed by atoms with Crippen molar-refractivity contribution in [3.8, 4) is 0 Å². The van der Waals surface area contributed by atoms with E-state index >= 15 is 0 Å². The molecule has 2 N–H and O–H groups in total. The molecule has 0 aliphatic carbocycles. The summed E-state index contributed by atoms with van der Waals surface area (Å²) in [6.07, 6.45) is 4.07. The van der Waals surface area contributed by atoms with Gasteiger partial charge < -0.3 is 10.6 Å². The Bertz CT molecular complexity index is 490. The third kappa shape index (κ3) is 6.22. The van der Waals surface area contributed by atoms with E-state index in [9.17, 15) is 0 Å². The molecule has 128 valence electrons. The Labute approximate surface area is 141 Å². The Balaban J connectivity index is 1.91. The largest absolute Gasteiger partial charge is 0.356 e. The first-order valence-electron chi connectivity index (χ1n) is 8.92. The lowest BCUT2D eigenvalue weighted by Gasteiger charge is -2.27. The molecule has 1 aliphatic rings. The average molecular weight is 316 g/mol. The van der Waals surface area contributed by atoms with E-state index in [1.54, 1.807) is 0 Å². The SMILES string of the molecule is CN=C(NCc1ccccc1CN1CCCCC1)NCC(C)C. The number of aliphatic imine (C=N–C) groups is 1. The maximum absolute atomic E-state index is 4.30. The van der Waals surface area contributed by atoms with Crippen molar-refractivity contribution in [2.45, 2.75) is 46.2 Å². The second kappa shape index (κ2) is 9.56. The van der Waals surface area contributed by atoms with Gasteiger partial charge in [0, 0.05) is 26.7 Å². The number of guanidine groups is 1. The summed E-state index contributed by atoms with van der Waals surface area (Å²) in [5, 5.41) is 6.81. The molecule has 4 nitrogen and oxygen atoms in total. The van der Waals surface area contributed by atoms with Gasteiger partial charge in [-0.15, -0.1) is 0 Å². The van der Waals surface area contributed by atoms with Crippen molar-refractivity contribution in [3.05, 3.63) is 35.4 Å². The zero-order valence-electron chi connectivity index (χ0n) is 14.9. The van der Waals surface area contributed by atoms with Crippen LogP contribution in [0.3, 0.4) is 0 Å². The van der Waals surface area contributed by atoms with E-state index in [1.165, 1.54) is 43.5 Å². The van der Waals surface area contributed by atoms with E-state index in [2.05, 4.69) is 58.6 Å². The Morgan fingerprint density at radius 1 is 1.09 bits per heavy atom. The fraction of sp³-hybridized carbons (Fsp3) is 0.632. The van der Waals surface area contributed by atoms with Crippen LogP contribution in [0.25, 0.3) is 0 Å². The molecule has 0 unspecified atom stereocenters. The van der Waals surface area contributed by atoms with Crippen molar-refractivity contribution >= 4 is 5.96 Å². The smallest absolute Gasteiger partial charge is 0.191 e. The van der Waals surface area contributed by atoms with Crippen LogP contribution in [0.5, 0.6) is 0 Å². The van der Waals surface area contributed by atoms with Crippen LogP contribution in [0.1, 0.15) is 44.2 Å². The first-order valence-corrected chi connectivity index (χ1v) is 8.92. The average Bonchev–Trinajstić information content (AvgIpc) is 2.57. The highest BCUT2D eigenvalue weighted by Crippen LogP contribution is 2.16. The topological polar surface area (TPSA) is 39.7 Å². The molecular weight excluding hydrogens is 284 g/mol. The molecule has 1 heterocycles. The molecule has 1 aliphatic heterocycles. The number of hydrogen-bond donors (Lipinski definition) is 2. The van der Waals surface area contributed by atoms with Gasteiger partial charge in [0.05, 0.1) is 0 Å². The zero-order valence-corrected chi connectivity index (χ0v) is 14.9. The standard InChI is InChI=1S/C19H32N4/c1-16(2)13-21-19(20-3)22-14-17-9-5-6-10-18(17)15-23-11-7-4-8-12-23/h5-6,9-10,16H,4,7-8,11-15H2,1-3H3,(H2,20,21,22). The lowest BCUT2D eigenvalue weighted by molar-refractivity contribution is 0.220. The number of hydrogen-bond acceptors (Lipinski definition) is 2. The third-order valence-electron chi connectivity index (χ3n) is 4.31. The highest BCUT2D eigenvalue weighted by Gasteiger charge is 2.12. The van der Waals surface area contributed by atoms with Gasteiger partial charge in [-0.1, -0.05) is 44.5 Å². The normalized spacial score (nSPS) is 16.6. The molecule has 0 atom stereocenters. The second-order valence-corrected chi connectivity index (χ2v) is 6.81. The van der Waals surface area contributed by atoms with Gasteiger partial charge in [0.25, 0.3) is 0 Å². The molecule has 23 heavy (non-hydrogen) atoms. The molecular formula is C19H32N4. The third-order valence-corrected chi connectivity index (χ3v) is 4.31. The number of nitrogens with zero attached hydrogens (tertiary/aromatic N) is 2. The van der Waals surface area contributed by atoms with Crippen LogP contribution in [-0.2, 0) is 13.1 Å². The molecule has 0 radical (unpaired) electrons. The molecule has 0 aromatic heterocycles. The second-order valence-electron chi connectivity index (χ2n) is 6.81. The fourth-order valence-electron chi connectivity index (χ4n) is 2.94. The lowest BCUT2D eigenvalue weighted by Crippen LogP contribution is -2.39. The highest BCUT2D eigenvalue weighted by molar-refractivity contribution is 5.79. The van der Waals surface area contributed by atoms with Crippen LogP contribution >= 0.6 is 0 Å². The number of likely N-dealkylation sites (tertiary alicyclic amines) is 1. The van der Waals surface area contributed by atoms with Crippen molar-refractivity contribution in [2.75, 3.05) is 26.7 Å². The summed E-state index contributed by atoms with van der Waals surface area (Å²) >= 11 is 0. The van der Waals surface area contributed by atoms with Crippen molar-refractivity contribution in [1.29, 1.82) is 0 Å². The number of benzene rings is 1. The summed E-state index contributed by atoms with van der Waals surface area (Å²) in [5.74, 6) is 1.49. The summed E-state index contributed by atoms with van der Waals surface area (Å²) in [6, 6.07) is 8.76. The minimum Gasteiger partial charge on any atom is -0.356 e. The van der Waals surface area contributed by atoms with Crippen molar-refractivity contribution in [2.24, 2.45) is 10.9 Å². The zero-order chi connectivity index (χ0) is 16.5. The van der Waals surface area contributed by atoms with Crippen molar-refractivity contribution < 1.29 is 0 Å². The van der Waals surface area contributed by atoms with Crippen LogP contribution < -0.4 is 10.6 Å². The van der Waals surface area contributed by atoms with Crippen LogP contribution in [0, 0.1) is 5.92 Å².